The molecule has 0 atom stereocenters. The lowest BCUT2D eigenvalue weighted by atomic mass is 10.0. The Morgan fingerprint density at radius 2 is 1.57 bits per heavy atom. The predicted molar refractivity (Wildman–Crippen MR) is 82.7 cm³/mol. The largest absolute Gasteiger partial charge is 0.304 e. The van der Waals surface area contributed by atoms with Crippen LogP contribution < -0.4 is 4.90 Å². The number of hydrogen-bond donors (Lipinski definition) is 0. The zero-order valence-corrected chi connectivity index (χ0v) is 12.2. The van der Waals surface area contributed by atoms with Crippen molar-refractivity contribution >= 4 is 17.4 Å². The van der Waals surface area contributed by atoms with E-state index in [4.69, 9.17) is 0 Å². The van der Waals surface area contributed by atoms with E-state index in [1.165, 1.54) is 0 Å². The third kappa shape index (κ3) is 2.25. The van der Waals surface area contributed by atoms with Crippen LogP contribution in [0.25, 0.3) is 0 Å². The van der Waals surface area contributed by atoms with Crippen molar-refractivity contribution in [2.24, 2.45) is 0 Å². The molecule has 0 saturated carbocycles. The number of ketones is 1. The molecule has 1 heterocycles. The van der Waals surface area contributed by atoms with E-state index in [0.29, 0.717) is 12.1 Å². The van der Waals surface area contributed by atoms with E-state index in [-0.39, 0.29) is 5.78 Å². The van der Waals surface area contributed by atoms with Crippen LogP contribution in [0.4, 0.5) is 5.69 Å². The summed E-state index contributed by atoms with van der Waals surface area (Å²) in [5.41, 5.74) is 4.38. The van der Waals surface area contributed by atoms with Gasteiger partial charge in [0.2, 0.25) is 0 Å². The number of Topliss-reactive ketones (excluding diaryl/α,β-unsaturated/α-hetero) is 1. The highest BCUT2D eigenvalue weighted by Gasteiger charge is 2.37. The topological polar surface area (TPSA) is 37.4 Å². The molecular formula is C18H17NO2. The number of carbonyl (C=O) groups excluding carboxylic acids is 2. The molecule has 0 radical (unpaired) electrons. The molecule has 0 aromatic heterocycles. The van der Waals surface area contributed by atoms with E-state index in [1.807, 2.05) is 56.3 Å². The molecule has 2 aromatic carbocycles. The maximum Gasteiger partial charge on any atom is 0.299 e. The molecule has 106 valence electrons. The number of carbonyl (C=O) groups is 2. The molecule has 21 heavy (non-hydrogen) atoms. The fourth-order valence-corrected chi connectivity index (χ4v) is 2.86. The monoisotopic (exact) mass is 279 g/mol. The van der Waals surface area contributed by atoms with E-state index >= 15 is 0 Å². The number of aryl methyl sites for hydroxylation is 2. The smallest absolute Gasteiger partial charge is 0.299 e. The quantitative estimate of drug-likeness (QED) is 0.810. The third-order valence-corrected chi connectivity index (χ3v) is 3.99. The second-order valence-electron chi connectivity index (χ2n) is 5.44. The molecule has 3 rings (SSSR count). The molecule has 0 N–H and O–H groups in total. The van der Waals surface area contributed by atoms with Gasteiger partial charge >= 0.3 is 0 Å². The minimum Gasteiger partial charge on any atom is -0.304 e. The first kappa shape index (κ1) is 13.6. The van der Waals surface area contributed by atoms with Crippen LogP contribution in [-0.2, 0) is 11.2 Å². The normalized spacial score (nSPS) is 13.7. The van der Waals surface area contributed by atoms with Gasteiger partial charge in [-0.1, -0.05) is 42.5 Å². The summed E-state index contributed by atoms with van der Waals surface area (Å²) in [4.78, 5) is 26.1. The number of amides is 1. The van der Waals surface area contributed by atoms with Crippen LogP contribution in [0.3, 0.4) is 0 Å². The molecule has 0 fully saturated rings. The fraction of sp³-hybridized carbons (Fsp3) is 0.222. The van der Waals surface area contributed by atoms with Gasteiger partial charge in [-0.05, 0) is 37.0 Å². The molecule has 0 bridgehead atoms. The molecule has 1 amide bonds. The Hall–Kier alpha value is -2.42. The maximum absolute atomic E-state index is 12.3. The third-order valence-electron chi connectivity index (χ3n) is 3.99. The van der Waals surface area contributed by atoms with E-state index < -0.39 is 5.91 Å². The van der Waals surface area contributed by atoms with Gasteiger partial charge in [0.15, 0.2) is 0 Å². The first-order valence-corrected chi connectivity index (χ1v) is 7.10. The summed E-state index contributed by atoms with van der Waals surface area (Å²) in [6, 6.07) is 13.9. The van der Waals surface area contributed by atoms with Crippen LogP contribution in [0.5, 0.6) is 0 Å². The van der Waals surface area contributed by atoms with Crippen molar-refractivity contribution in [2.45, 2.75) is 20.3 Å². The van der Waals surface area contributed by atoms with Gasteiger partial charge in [-0.15, -0.1) is 0 Å². The number of rotatable bonds is 3. The van der Waals surface area contributed by atoms with Crippen LogP contribution >= 0.6 is 0 Å². The first-order valence-electron chi connectivity index (χ1n) is 7.10. The van der Waals surface area contributed by atoms with E-state index in [1.54, 1.807) is 4.90 Å². The standard InChI is InChI=1S/C18H17NO2/c1-12-8-9-13(2)16-15(12)17(20)18(21)19(16)11-10-14-6-4-3-5-7-14/h3-9H,10-11H2,1-2H3. The second-order valence-corrected chi connectivity index (χ2v) is 5.44. The van der Waals surface area contributed by atoms with Crippen molar-refractivity contribution in [1.82, 2.24) is 0 Å². The number of anilines is 1. The Morgan fingerprint density at radius 3 is 2.29 bits per heavy atom. The van der Waals surface area contributed by atoms with E-state index in [0.717, 1.165) is 28.8 Å². The van der Waals surface area contributed by atoms with Crippen molar-refractivity contribution in [2.75, 3.05) is 11.4 Å². The van der Waals surface area contributed by atoms with Gasteiger partial charge in [-0.3, -0.25) is 9.59 Å². The van der Waals surface area contributed by atoms with Crippen LogP contribution in [-0.4, -0.2) is 18.2 Å². The van der Waals surface area contributed by atoms with E-state index in [2.05, 4.69) is 0 Å². The highest BCUT2D eigenvalue weighted by molar-refractivity contribution is 6.52. The fourth-order valence-electron chi connectivity index (χ4n) is 2.86. The average Bonchev–Trinajstić information content (AvgIpc) is 2.75. The van der Waals surface area contributed by atoms with Crippen molar-refractivity contribution in [1.29, 1.82) is 0 Å². The van der Waals surface area contributed by atoms with Crippen LogP contribution in [0.1, 0.15) is 27.0 Å². The summed E-state index contributed by atoms with van der Waals surface area (Å²) >= 11 is 0. The molecule has 1 aliphatic rings. The van der Waals surface area contributed by atoms with Gasteiger partial charge < -0.3 is 4.90 Å². The average molecular weight is 279 g/mol. The Morgan fingerprint density at radius 1 is 0.905 bits per heavy atom. The lowest BCUT2D eigenvalue weighted by Gasteiger charge is -2.18. The van der Waals surface area contributed by atoms with Gasteiger partial charge in [-0.2, -0.15) is 0 Å². The molecule has 0 aliphatic carbocycles. The molecule has 3 heteroatoms. The van der Waals surface area contributed by atoms with Crippen molar-refractivity contribution in [3.63, 3.8) is 0 Å². The number of nitrogens with zero attached hydrogens (tertiary/aromatic N) is 1. The van der Waals surface area contributed by atoms with Crippen LogP contribution in [0.2, 0.25) is 0 Å². The Kier molecular flexibility index (Phi) is 3.34. The Bertz CT molecular complexity index is 719. The predicted octanol–water partition coefficient (Wildman–Crippen LogP) is 3.08. The molecule has 2 aromatic rings. The van der Waals surface area contributed by atoms with Crippen molar-refractivity contribution in [3.05, 3.63) is 64.7 Å². The molecule has 0 spiro atoms. The minimum atomic E-state index is -0.404. The lowest BCUT2D eigenvalue weighted by Crippen LogP contribution is -2.32. The Labute approximate surface area is 124 Å². The number of fused-ring (bicyclic) bond motifs is 1. The van der Waals surface area contributed by atoms with Crippen LogP contribution in [0.15, 0.2) is 42.5 Å². The highest BCUT2D eigenvalue weighted by atomic mass is 16.2. The summed E-state index contributed by atoms with van der Waals surface area (Å²) in [7, 11) is 0. The highest BCUT2D eigenvalue weighted by Crippen LogP contribution is 2.34. The van der Waals surface area contributed by atoms with Crippen molar-refractivity contribution in [3.8, 4) is 0 Å². The summed E-state index contributed by atoms with van der Waals surface area (Å²) in [6.45, 7) is 4.36. The molecule has 0 unspecified atom stereocenters. The molecule has 0 saturated heterocycles. The van der Waals surface area contributed by atoms with Crippen LogP contribution in [0, 0.1) is 13.8 Å². The number of benzene rings is 2. The molecular weight excluding hydrogens is 262 g/mol. The zero-order chi connectivity index (χ0) is 15.0. The molecule has 3 nitrogen and oxygen atoms in total. The first-order chi connectivity index (χ1) is 10.1. The SMILES string of the molecule is Cc1ccc(C)c2c1C(=O)C(=O)N2CCc1ccccc1. The zero-order valence-electron chi connectivity index (χ0n) is 12.2. The van der Waals surface area contributed by atoms with Gasteiger partial charge in [0.1, 0.15) is 0 Å². The Balaban J connectivity index is 1.93. The van der Waals surface area contributed by atoms with Gasteiger partial charge in [0, 0.05) is 6.54 Å². The second kappa shape index (κ2) is 5.17. The minimum absolute atomic E-state index is 0.376. The number of hydrogen-bond acceptors (Lipinski definition) is 2. The van der Waals surface area contributed by atoms with E-state index in [9.17, 15) is 9.59 Å². The van der Waals surface area contributed by atoms with Gasteiger partial charge in [-0.25, -0.2) is 0 Å². The summed E-state index contributed by atoms with van der Waals surface area (Å²) in [5, 5.41) is 0. The maximum atomic E-state index is 12.3. The summed E-state index contributed by atoms with van der Waals surface area (Å²) in [5.74, 6) is -0.780. The van der Waals surface area contributed by atoms with Gasteiger partial charge in [0.05, 0.1) is 11.3 Å². The van der Waals surface area contributed by atoms with Crippen molar-refractivity contribution < 1.29 is 9.59 Å². The summed E-state index contributed by atoms with van der Waals surface area (Å²) in [6.07, 6.45) is 0.743. The summed E-state index contributed by atoms with van der Waals surface area (Å²) < 4.78 is 0. The van der Waals surface area contributed by atoms with Gasteiger partial charge in [0.25, 0.3) is 11.7 Å². The lowest BCUT2D eigenvalue weighted by molar-refractivity contribution is -0.114. The molecule has 1 aliphatic heterocycles.